The zero-order chi connectivity index (χ0) is 20.3. The zero-order valence-electron chi connectivity index (χ0n) is 15.6. The van der Waals surface area contributed by atoms with E-state index in [0.717, 1.165) is 11.1 Å². The Morgan fingerprint density at radius 3 is 2.07 bits per heavy atom. The molecule has 0 aromatic heterocycles. The molecule has 0 N–H and O–H groups in total. The standard InChI is InChI=1S/C22H20BrNO4S/c23-21-13-17(11-12-22(21)28-15-20-14-27-20)16-29(25,26)24(18-7-3-1-4-8-18)19-9-5-2-6-10-19/h1-13,20H,14-16H2. The molecule has 1 fully saturated rings. The van der Waals surface area contributed by atoms with Gasteiger partial charge in [0.2, 0.25) is 10.0 Å². The van der Waals surface area contributed by atoms with Crippen molar-refractivity contribution < 1.29 is 17.9 Å². The third-order valence-corrected chi connectivity index (χ3v) is 6.73. The van der Waals surface area contributed by atoms with Crippen LogP contribution < -0.4 is 9.04 Å². The van der Waals surface area contributed by atoms with Gasteiger partial charge in [0.15, 0.2) is 0 Å². The van der Waals surface area contributed by atoms with Gasteiger partial charge in [0.1, 0.15) is 18.5 Å². The van der Waals surface area contributed by atoms with Gasteiger partial charge in [0, 0.05) is 0 Å². The van der Waals surface area contributed by atoms with Gasteiger partial charge in [-0.15, -0.1) is 0 Å². The minimum atomic E-state index is -3.68. The molecule has 1 saturated heterocycles. The number of hydrogen-bond donors (Lipinski definition) is 0. The molecule has 3 aromatic rings. The number of para-hydroxylation sites is 2. The van der Waals surface area contributed by atoms with Crippen molar-refractivity contribution in [3.05, 3.63) is 88.9 Å². The second-order valence-electron chi connectivity index (χ2n) is 6.72. The van der Waals surface area contributed by atoms with Crippen molar-refractivity contribution in [1.82, 2.24) is 0 Å². The van der Waals surface area contributed by atoms with Crippen molar-refractivity contribution >= 4 is 37.3 Å². The molecular weight excluding hydrogens is 454 g/mol. The predicted octanol–water partition coefficient (Wildman–Crippen LogP) is 4.89. The number of ether oxygens (including phenoxy) is 2. The first-order chi connectivity index (χ1) is 14.0. The molecule has 0 bridgehead atoms. The average molecular weight is 474 g/mol. The lowest BCUT2D eigenvalue weighted by Gasteiger charge is -2.24. The SMILES string of the molecule is O=S(=O)(Cc1ccc(OCC2CO2)c(Br)c1)N(c1ccccc1)c1ccccc1. The Morgan fingerprint density at radius 2 is 1.55 bits per heavy atom. The molecule has 4 rings (SSSR count). The predicted molar refractivity (Wildman–Crippen MR) is 117 cm³/mol. The van der Waals surface area contributed by atoms with Gasteiger partial charge in [-0.05, 0) is 57.9 Å². The molecular formula is C22H20BrNO4S. The summed E-state index contributed by atoms with van der Waals surface area (Å²) < 4.78 is 39.7. The normalized spacial score (nSPS) is 15.7. The highest BCUT2D eigenvalue weighted by Gasteiger charge is 2.26. The Labute approximate surface area is 179 Å². The van der Waals surface area contributed by atoms with E-state index in [1.165, 1.54) is 4.31 Å². The van der Waals surface area contributed by atoms with Crippen LogP contribution in [0.1, 0.15) is 5.56 Å². The van der Waals surface area contributed by atoms with Gasteiger partial charge < -0.3 is 9.47 Å². The number of halogens is 1. The molecule has 0 spiro atoms. The van der Waals surface area contributed by atoms with Crippen LogP contribution in [-0.2, 0) is 20.5 Å². The molecule has 1 heterocycles. The highest BCUT2D eigenvalue weighted by atomic mass is 79.9. The molecule has 7 heteroatoms. The van der Waals surface area contributed by atoms with Gasteiger partial charge in [-0.25, -0.2) is 12.7 Å². The summed E-state index contributed by atoms with van der Waals surface area (Å²) in [6, 6.07) is 23.5. The van der Waals surface area contributed by atoms with Crippen LogP contribution in [0.25, 0.3) is 0 Å². The molecule has 1 atom stereocenters. The van der Waals surface area contributed by atoms with E-state index in [1.54, 1.807) is 42.5 Å². The monoisotopic (exact) mass is 473 g/mol. The first kappa shape index (κ1) is 19.9. The number of nitrogens with zero attached hydrogens (tertiary/aromatic N) is 1. The van der Waals surface area contributed by atoms with Crippen LogP contribution in [0.15, 0.2) is 83.3 Å². The van der Waals surface area contributed by atoms with E-state index in [4.69, 9.17) is 9.47 Å². The van der Waals surface area contributed by atoms with E-state index in [0.29, 0.717) is 29.3 Å². The van der Waals surface area contributed by atoms with Gasteiger partial charge in [-0.3, -0.25) is 0 Å². The first-order valence-corrected chi connectivity index (χ1v) is 11.6. The maximum atomic E-state index is 13.4. The Hall–Kier alpha value is -2.35. The van der Waals surface area contributed by atoms with Gasteiger partial charge in [0.25, 0.3) is 0 Å². The van der Waals surface area contributed by atoms with Crippen LogP contribution in [0.3, 0.4) is 0 Å². The number of anilines is 2. The molecule has 29 heavy (non-hydrogen) atoms. The average Bonchev–Trinajstić information content (AvgIpc) is 3.53. The van der Waals surface area contributed by atoms with Gasteiger partial charge >= 0.3 is 0 Å². The van der Waals surface area contributed by atoms with Crippen molar-refractivity contribution in [3.8, 4) is 5.75 Å². The number of sulfonamides is 1. The number of epoxide rings is 1. The van der Waals surface area contributed by atoms with E-state index < -0.39 is 10.0 Å². The maximum Gasteiger partial charge on any atom is 0.243 e. The fraction of sp³-hybridized carbons (Fsp3) is 0.182. The van der Waals surface area contributed by atoms with E-state index in [-0.39, 0.29) is 11.9 Å². The van der Waals surface area contributed by atoms with E-state index in [2.05, 4.69) is 15.9 Å². The Morgan fingerprint density at radius 1 is 0.966 bits per heavy atom. The van der Waals surface area contributed by atoms with Gasteiger partial charge in [-0.1, -0.05) is 42.5 Å². The second kappa shape index (κ2) is 8.57. The molecule has 1 aliphatic rings. The van der Waals surface area contributed by atoms with E-state index in [1.807, 2.05) is 36.4 Å². The van der Waals surface area contributed by atoms with Crippen LogP contribution in [0.5, 0.6) is 5.75 Å². The third-order valence-electron chi connectivity index (χ3n) is 4.43. The van der Waals surface area contributed by atoms with E-state index >= 15 is 0 Å². The highest BCUT2D eigenvalue weighted by Crippen LogP contribution is 2.32. The lowest BCUT2D eigenvalue weighted by Crippen LogP contribution is -2.27. The van der Waals surface area contributed by atoms with Crippen LogP contribution in [0.4, 0.5) is 11.4 Å². The smallest absolute Gasteiger partial charge is 0.243 e. The highest BCUT2D eigenvalue weighted by molar-refractivity contribution is 9.10. The lowest BCUT2D eigenvalue weighted by atomic mass is 10.2. The molecule has 0 saturated carbocycles. The van der Waals surface area contributed by atoms with Crippen molar-refractivity contribution in [1.29, 1.82) is 0 Å². The summed E-state index contributed by atoms with van der Waals surface area (Å²) in [4.78, 5) is 0. The summed E-state index contributed by atoms with van der Waals surface area (Å²) in [5.41, 5.74) is 1.87. The number of benzene rings is 3. The van der Waals surface area contributed by atoms with Crippen LogP contribution >= 0.6 is 15.9 Å². The quantitative estimate of drug-likeness (QED) is 0.436. The molecule has 3 aromatic carbocycles. The number of hydrogen-bond acceptors (Lipinski definition) is 4. The molecule has 0 aliphatic carbocycles. The van der Waals surface area contributed by atoms with E-state index in [9.17, 15) is 8.42 Å². The van der Waals surface area contributed by atoms with Crippen LogP contribution in [-0.4, -0.2) is 27.7 Å². The molecule has 0 amide bonds. The Balaban J connectivity index is 1.60. The minimum absolute atomic E-state index is 0.137. The summed E-state index contributed by atoms with van der Waals surface area (Å²) in [5, 5.41) is 0. The van der Waals surface area contributed by atoms with Gasteiger partial charge in [0.05, 0.1) is 28.2 Å². The van der Waals surface area contributed by atoms with Crippen molar-refractivity contribution in [2.45, 2.75) is 11.9 Å². The summed E-state index contributed by atoms with van der Waals surface area (Å²) in [6.45, 7) is 1.22. The molecule has 0 radical (unpaired) electrons. The zero-order valence-corrected chi connectivity index (χ0v) is 18.0. The Kier molecular flexibility index (Phi) is 5.89. The summed E-state index contributed by atoms with van der Waals surface area (Å²) in [6.07, 6.45) is 0.159. The first-order valence-electron chi connectivity index (χ1n) is 9.19. The third kappa shape index (κ3) is 4.98. The van der Waals surface area contributed by atoms with Crippen LogP contribution in [0, 0.1) is 0 Å². The lowest BCUT2D eigenvalue weighted by molar-refractivity contribution is 0.262. The fourth-order valence-corrected chi connectivity index (χ4v) is 5.13. The van der Waals surface area contributed by atoms with Gasteiger partial charge in [-0.2, -0.15) is 0 Å². The topological polar surface area (TPSA) is 59.1 Å². The molecule has 1 unspecified atom stereocenters. The van der Waals surface area contributed by atoms with Crippen molar-refractivity contribution in [2.24, 2.45) is 0 Å². The summed E-state index contributed by atoms with van der Waals surface area (Å²) >= 11 is 3.48. The maximum absolute atomic E-state index is 13.4. The second-order valence-corrected chi connectivity index (χ2v) is 9.39. The minimum Gasteiger partial charge on any atom is -0.490 e. The fourth-order valence-electron chi connectivity index (χ4n) is 2.97. The molecule has 150 valence electrons. The molecule has 1 aliphatic heterocycles. The van der Waals surface area contributed by atoms with Crippen LogP contribution in [0.2, 0.25) is 0 Å². The summed E-state index contributed by atoms with van der Waals surface area (Å²) in [7, 11) is -3.68. The van der Waals surface area contributed by atoms with Crippen molar-refractivity contribution in [2.75, 3.05) is 17.5 Å². The summed E-state index contributed by atoms with van der Waals surface area (Å²) in [5.74, 6) is 0.533. The Bertz CT molecular complexity index is 1030. The van der Waals surface area contributed by atoms with Crippen molar-refractivity contribution in [3.63, 3.8) is 0 Å². The number of rotatable bonds is 8. The molecule has 5 nitrogen and oxygen atoms in total. The largest absolute Gasteiger partial charge is 0.490 e.